The molecule has 2 unspecified atom stereocenters. The van der Waals surface area contributed by atoms with Gasteiger partial charge in [0.2, 0.25) is 0 Å². The maximum atomic E-state index is 11.5. The third-order valence-corrected chi connectivity index (χ3v) is 2.64. The van der Waals surface area contributed by atoms with Crippen LogP contribution in [-0.4, -0.2) is 51.6 Å². The van der Waals surface area contributed by atoms with Crippen LogP contribution >= 0.6 is 0 Å². The van der Waals surface area contributed by atoms with Crippen LogP contribution in [-0.2, 0) is 19.0 Å². The molecule has 2 amide bonds. The third kappa shape index (κ3) is 7.45. The molecule has 2 N–H and O–H groups in total. The van der Waals surface area contributed by atoms with Crippen LogP contribution < -0.4 is 10.6 Å². The maximum Gasteiger partial charge on any atom is 0.407 e. The minimum absolute atomic E-state index is 0.0983. The monoisotopic (exact) mass is 290 g/mol. The van der Waals surface area contributed by atoms with Gasteiger partial charge in [-0.15, -0.1) is 0 Å². The zero-order valence-electron chi connectivity index (χ0n) is 12.2. The first-order valence-corrected chi connectivity index (χ1v) is 6.21. The van der Waals surface area contributed by atoms with Gasteiger partial charge in [-0.25, -0.2) is 14.4 Å². The summed E-state index contributed by atoms with van der Waals surface area (Å²) in [6, 6.07) is -0.864. The van der Waals surface area contributed by atoms with Gasteiger partial charge in [0.05, 0.1) is 21.3 Å². The van der Waals surface area contributed by atoms with Gasteiger partial charge in [0.1, 0.15) is 6.04 Å². The minimum Gasteiger partial charge on any atom is -0.467 e. The average Bonchev–Trinajstić information content (AvgIpc) is 2.44. The quantitative estimate of drug-likeness (QED) is 0.531. The highest BCUT2D eigenvalue weighted by atomic mass is 16.5. The Balaban J connectivity index is 4.16. The molecule has 0 bridgehead atoms. The van der Waals surface area contributed by atoms with Crippen molar-refractivity contribution in [3.05, 3.63) is 0 Å². The van der Waals surface area contributed by atoms with Gasteiger partial charge in [0, 0.05) is 6.04 Å². The zero-order valence-corrected chi connectivity index (χ0v) is 12.2. The Morgan fingerprint density at radius 3 is 1.95 bits per heavy atom. The van der Waals surface area contributed by atoms with Crippen LogP contribution in [0.25, 0.3) is 0 Å². The number of carbonyl (C=O) groups excluding carboxylic acids is 3. The average molecular weight is 290 g/mol. The molecule has 116 valence electrons. The highest BCUT2D eigenvalue weighted by Gasteiger charge is 2.21. The van der Waals surface area contributed by atoms with Crippen molar-refractivity contribution >= 4 is 18.2 Å². The Morgan fingerprint density at radius 2 is 1.45 bits per heavy atom. The summed E-state index contributed by atoms with van der Waals surface area (Å²) >= 11 is 0. The summed E-state index contributed by atoms with van der Waals surface area (Å²) in [5.74, 6) is -0.538. The molecule has 0 aromatic carbocycles. The van der Waals surface area contributed by atoms with Crippen molar-refractivity contribution in [3.63, 3.8) is 0 Å². The molecule has 0 fully saturated rings. The van der Waals surface area contributed by atoms with Gasteiger partial charge < -0.3 is 24.8 Å². The van der Waals surface area contributed by atoms with Crippen molar-refractivity contribution in [2.45, 2.75) is 38.3 Å². The topological polar surface area (TPSA) is 103 Å². The van der Waals surface area contributed by atoms with E-state index in [1.165, 1.54) is 21.3 Å². The molecule has 8 heteroatoms. The Bertz CT molecular complexity index is 334. The predicted molar refractivity (Wildman–Crippen MR) is 70.2 cm³/mol. The van der Waals surface area contributed by atoms with E-state index in [1.54, 1.807) is 0 Å². The molecule has 0 aromatic rings. The fraction of sp³-hybridized carbons (Fsp3) is 0.750. The number of esters is 1. The molecule has 20 heavy (non-hydrogen) atoms. The Morgan fingerprint density at radius 1 is 0.900 bits per heavy atom. The number of nitrogens with one attached hydrogen (secondary N) is 2. The molecule has 0 heterocycles. The van der Waals surface area contributed by atoms with Gasteiger partial charge in [0.15, 0.2) is 0 Å². The van der Waals surface area contributed by atoms with Crippen molar-refractivity contribution in [2.24, 2.45) is 0 Å². The lowest BCUT2D eigenvalue weighted by molar-refractivity contribution is -0.143. The molecule has 0 aliphatic carbocycles. The van der Waals surface area contributed by atoms with Crippen LogP contribution in [0.1, 0.15) is 26.2 Å². The lowest BCUT2D eigenvalue weighted by Crippen LogP contribution is -2.41. The standard InChI is InChI=1S/C12H22N2O6/c1-8(13-11(16)19-3)6-5-7-9(10(15)18-2)14-12(17)20-4/h8-9H,5-7H2,1-4H3,(H,13,16)(H,14,17). The molecule has 0 saturated heterocycles. The van der Waals surface area contributed by atoms with Gasteiger partial charge in [-0.05, 0) is 26.2 Å². The fourth-order valence-corrected chi connectivity index (χ4v) is 1.55. The summed E-state index contributed by atoms with van der Waals surface area (Å²) < 4.78 is 13.5. The Labute approximate surface area is 118 Å². The second-order valence-corrected chi connectivity index (χ2v) is 4.18. The summed E-state index contributed by atoms with van der Waals surface area (Å²) in [6.07, 6.45) is 0.422. The summed E-state index contributed by atoms with van der Waals surface area (Å²) in [6.45, 7) is 1.82. The number of alkyl carbamates (subject to hydrolysis) is 2. The summed E-state index contributed by atoms with van der Waals surface area (Å²) in [7, 11) is 3.75. The molecule has 0 spiro atoms. The predicted octanol–water partition coefficient (Wildman–Crippen LogP) is 0.799. The molecule has 0 aliphatic heterocycles. The second-order valence-electron chi connectivity index (χ2n) is 4.18. The van der Waals surface area contributed by atoms with Crippen molar-refractivity contribution in [1.82, 2.24) is 10.6 Å². The number of hydrogen-bond donors (Lipinski definition) is 2. The Kier molecular flexibility index (Phi) is 8.89. The molecule has 0 aromatic heterocycles. The van der Waals surface area contributed by atoms with Gasteiger partial charge >= 0.3 is 18.2 Å². The molecular weight excluding hydrogens is 268 g/mol. The van der Waals surface area contributed by atoms with E-state index in [0.29, 0.717) is 19.3 Å². The minimum atomic E-state index is -0.766. The lowest BCUT2D eigenvalue weighted by Gasteiger charge is -2.17. The molecule has 0 aliphatic rings. The largest absolute Gasteiger partial charge is 0.467 e. The third-order valence-electron chi connectivity index (χ3n) is 2.64. The van der Waals surface area contributed by atoms with E-state index in [4.69, 9.17) is 0 Å². The first-order chi connectivity index (χ1) is 9.44. The first-order valence-electron chi connectivity index (χ1n) is 6.21. The van der Waals surface area contributed by atoms with E-state index < -0.39 is 24.2 Å². The lowest BCUT2D eigenvalue weighted by atomic mass is 10.1. The van der Waals surface area contributed by atoms with E-state index in [9.17, 15) is 14.4 Å². The smallest absolute Gasteiger partial charge is 0.407 e. The highest BCUT2D eigenvalue weighted by molar-refractivity contribution is 5.81. The van der Waals surface area contributed by atoms with Gasteiger partial charge in [-0.2, -0.15) is 0 Å². The SMILES string of the molecule is COC(=O)NC(C)CCCC(NC(=O)OC)C(=O)OC. The van der Waals surface area contributed by atoms with E-state index in [0.717, 1.165) is 0 Å². The zero-order chi connectivity index (χ0) is 15.5. The molecule has 8 nitrogen and oxygen atoms in total. The van der Waals surface area contributed by atoms with E-state index in [-0.39, 0.29) is 6.04 Å². The highest BCUT2D eigenvalue weighted by Crippen LogP contribution is 2.06. The van der Waals surface area contributed by atoms with Crippen LogP contribution in [0.15, 0.2) is 0 Å². The summed E-state index contributed by atoms with van der Waals surface area (Å²) in [5.41, 5.74) is 0. The van der Waals surface area contributed by atoms with Crippen molar-refractivity contribution < 1.29 is 28.6 Å². The Hall–Kier alpha value is -1.99. The van der Waals surface area contributed by atoms with Crippen molar-refractivity contribution in [3.8, 4) is 0 Å². The number of carbonyl (C=O) groups is 3. The number of amides is 2. The summed E-state index contributed by atoms with van der Waals surface area (Å²) in [5, 5.41) is 5.00. The number of ether oxygens (including phenoxy) is 3. The van der Waals surface area contributed by atoms with E-state index >= 15 is 0 Å². The van der Waals surface area contributed by atoms with Crippen LogP contribution in [0.5, 0.6) is 0 Å². The second kappa shape index (κ2) is 9.88. The van der Waals surface area contributed by atoms with Gasteiger partial charge in [-0.1, -0.05) is 0 Å². The molecule has 2 atom stereocenters. The molecule has 0 saturated carbocycles. The van der Waals surface area contributed by atoms with Crippen molar-refractivity contribution in [2.75, 3.05) is 21.3 Å². The maximum absolute atomic E-state index is 11.5. The van der Waals surface area contributed by atoms with Gasteiger partial charge in [0.25, 0.3) is 0 Å². The van der Waals surface area contributed by atoms with Crippen molar-refractivity contribution in [1.29, 1.82) is 0 Å². The molecular formula is C12H22N2O6. The van der Waals surface area contributed by atoms with Crippen LogP contribution in [0.4, 0.5) is 9.59 Å². The fourth-order valence-electron chi connectivity index (χ4n) is 1.55. The van der Waals surface area contributed by atoms with Crippen LogP contribution in [0.2, 0.25) is 0 Å². The van der Waals surface area contributed by atoms with E-state index in [1.807, 2.05) is 6.92 Å². The molecule has 0 rings (SSSR count). The summed E-state index contributed by atoms with van der Waals surface area (Å²) in [4.78, 5) is 33.6. The number of hydrogen-bond acceptors (Lipinski definition) is 6. The van der Waals surface area contributed by atoms with Gasteiger partial charge in [-0.3, -0.25) is 0 Å². The normalized spacial score (nSPS) is 12.8. The molecule has 0 radical (unpaired) electrons. The van der Waals surface area contributed by atoms with E-state index in [2.05, 4.69) is 24.8 Å². The number of methoxy groups -OCH3 is 3. The van der Waals surface area contributed by atoms with Crippen LogP contribution in [0, 0.1) is 0 Å². The first kappa shape index (κ1) is 18.0. The number of rotatable bonds is 7. The van der Waals surface area contributed by atoms with Crippen LogP contribution in [0.3, 0.4) is 0 Å².